The van der Waals surface area contributed by atoms with Crippen LogP contribution in [0.3, 0.4) is 0 Å². The summed E-state index contributed by atoms with van der Waals surface area (Å²) in [6.07, 6.45) is -0.528. The molecule has 0 aromatic carbocycles. The Morgan fingerprint density at radius 2 is 1.79 bits per heavy atom. The standard InChI is InChI=1S/C29H48BrNO8/c1-10-21-27(6)13-19(14-30)29(38-27)15(2)12-28(7,39-29)24(17(4)22(32)18(5)25(34)36-21)37-26-23(33)20(31(8)9)11-16(3)35-26/h13,15-18,20-24,26,32-33H,10-12,14H2,1-9H3/t15-,16-,17+,18-,20+,21-,22+,23-,24-,26+,27-,28-,29?/m1/s1. The number of aliphatic hydroxyl groups excluding tert-OH is 2. The van der Waals surface area contributed by atoms with Crippen LogP contribution in [0.15, 0.2) is 11.6 Å². The van der Waals surface area contributed by atoms with E-state index in [4.69, 9.17) is 23.7 Å². The van der Waals surface area contributed by atoms with Gasteiger partial charge >= 0.3 is 5.97 Å². The van der Waals surface area contributed by atoms with Crippen molar-refractivity contribution in [1.82, 2.24) is 4.90 Å². The van der Waals surface area contributed by atoms with Gasteiger partial charge in [0.2, 0.25) is 0 Å². The Bertz CT molecular complexity index is 948. The smallest absolute Gasteiger partial charge is 0.311 e. The van der Waals surface area contributed by atoms with Crippen molar-refractivity contribution in [3.63, 3.8) is 0 Å². The fourth-order valence-corrected chi connectivity index (χ4v) is 7.87. The molecule has 1 spiro atoms. The third-order valence-corrected chi connectivity index (χ3v) is 10.1. The van der Waals surface area contributed by atoms with Crippen molar-refractivity contribution in [2.24, 2.45) is 17.8 Å². The first-order valence-corrected chi connectivity index (χ1v) is 15.5. The summed E-state index contributed by atoms with van der Waals surface area (Å²) >= 11 is 3.65. The molecule has 3 bridgehead atoms. The summed E-state index contributed by atoms with van der Waals surface area (Å²) in [6.45, 7) is 13.5. The SMILES string of the molecule is CC[C@H]1OC(=O)[C@H](C)[C@@H](O)[C@H](C)[C@@H](O[C@@H]2O[C@H](C)C[C@H](N(C)C)[C@H]2O)[C@@]2(C)C[C@@H](C)C3(O[C@]1(C)C=C3CBr)O2. The van der Waals surface area contributed by atoms with Gasteiger partial charge in [-0.05, 0) is 72.7 Å². The van der Waals surface area contributed by atoms with Crippen molar-refractivity contribution in [3.8, 4) is 0 Å². The Labute approximate surface area is 241 Å². The zero-order chi connectivity index (χ0) is 29.1. The summed E-state index contributed by atoms with van der Waals surface area (Å²) in [4.78, 5) is 15.3. The maximum Gasteiger partial charge on any atom is 0.311 e. The van der Waals surface area contributed by atoms with Gasteiger partial charge in [-0.1, -0.05) is 36.7 Å². The number of nitrogens with zero attached hydrogens (tertiary/aromatic N) is 1. The number of carbonyl (C=O) groups excluding carboxylic acids is 1. The number of hydrogen-bond acceptors (Lipinski definition) is 9. The van der Waals surface area contributed by atoms with E-state index in [0.717, 1.165) is 5.57 Å². The molecule has 0 aromatic heterocycles. The molecule has 2 N–H and O–H groups in total. The normalized spacial score (nSPS) is 50.8. The first kappa shape index (κ1) is 31.3. The topological polar surface area (TPSA) is 107 Å². The van der Waals surface area contributed by atoms with E-state index < -0.39 is 65.5 Å². The number of carbonyl (C=O) groups is 1. The maximum absolute atomic E-state index is 13.3. The minimum Gasteiger partial charge on any atom is -0.459 e. The Balaban J connectivity index is 1.79. The summed E-state index contributed by atoms with van der Waals surface area (Å²) in [5.41, 5.74) is -0.894. The van der Waals surface area contributed by atoms with E-state index >= 15 is 0 Å². The van der Waals surface area contributed by atoms with Crippen molar-refractivity contribution in [2.75, 3.05) is 19.4 Å². The Hall–Kier alpha value is -0.590. The molecule has 4 rings (SSSR count). The van der Waals surface area contributed by atoms with Crippen LogP contribution in [0.5, 0.6) is 0 Å². The molecule has 4 heterocycles. The first-order valence-electron chi connectivity index (χ1n) is 14.3. The second-order valence-corrected chi connectivity index (χ2v) is 13.4. The molecule has 4 aliphatic heterocycles. The zero-order valence-electron chi connectivity index (χ0n) is 24.8. The Morgan fingerprint density at radius 1 is 1.13 bits per heavy atom. The van der Waals surface area contributed by atoms with Gasteiger partial charge in [0, 0.05) is 23.2 Å². The summed E-state index contributed by atoms with van der Waals surface area (Å²) in [6, 6.07) is -0.158. The molecule has 4 aliphatic rings. The average Bonchev–Trinajstić information content (AvgIpc) is 3.31. The molecule has 1 unspecified atom stereocenters. The number of aliphatic hydroxyl groups is 2. The highest BCUT2D eigenvalue weighted by atomic mass is 79.9. The quantitative estimate of drug-likeness (QED) is 0.273. The predicted octanol–water partition coefficient (Wildman–Crippen LogP) is 3.39. The number of cyclic esters (lactones) is 1. The third kappa shape index (κ3) is 5.38. The average molecular weight is 619 g/mol. The van der Waals surface area contributed by atoms with Crippen molar-refractivity contribution in [1.29, 1.82) is 0 Å². The van der Waals surface area contributed by atoms with Crippen LogP contribution in [-0.4, -0.2) is 100 Å². The first-order chi connectivity index (χ1) is 18.1. The van der Waals surface area contributed by atoms with Crippen LogP contribution in [0.1, 0.15) is 67.7 Å². The van der Waals surface area contributed by atoms with Crippen LogP contribution in [0.4, 0.5) is 0 Å². The van der Waals surface area contributed by atoms with E-state index in [1.165, 1.54) is 0 Å². The van der Waals surface area contributed by atoms with E-state index in [9.17, 15) is 15.0 Å². The lowest BCUT2D eigenvalue weighted by Gasteiger charge is -2.47. The molecule has 39 heavy (non-hydrogen) atoms. The van der Waals surface area contributed by atoms with Crippen LogP contribution in [0, 0.1) is 17.8 Å². The summed E-state index contributed by atoms with van der Waals surface area (Å²) < 4.78 is 32.6. The molecule has 3 saturated heterocycles. The highest BCUT2D eigenvalue weighted by Gasteiger charge is 2.65. The van der Waals surface area contributed by atoms with Crippen molar-refractivity contribution < 1.29 is 38.7 Å². The molecule has 13 atom stereocenters. The summed E-state index contributed by atoms with van der Waals surface area (Å²) in [7, 11) is 3.86. The molecule has 10 heteroatoms. The second-order valence-electron chi connectivity index (χ2n) is 12.9. The molecule has 3 fully saturated rings. The number of fused-ring (bicyclic) bond motifs is 2. The van der Waals surface area contributed by atoms with Crippen molar-refractivity contribution in [2.45, 2.75) is 128 Å². The van der Waals surface area contributed by atoms with Crippen LogP contribution >= 0.6 is 15.9 Å². The van der Waals surface area contributed by atoms with Crippen LogP contribution in [0.2, 0.25) is 0 Å². The Morgan fingerprint density at radius 3 is 2.38 bits per heavy atom. The van der Waals surface area contributed by atoms with Crippen molar-refractivity contribution in [3.05, 3.63) is 11.6 Å². The largest absolute Gasteiger partial charge is 0.459 e. The molecular formula is C29H48BrNO8. The molecule has 0 saturated carbocycles. The summed E-state index contributed by atoms with van der Waals surface area (Å²) in [5, 5.41) is 23.3. The predicted molar refractivity (Wildman–Crippen MR) is 149 cm³/mol. The highest BCUT2D eigenvalue weighted by molar-refractivity contribution is 9.09. The van der Waals surface area contributed by atoms with Crippen LogP contribution in [-0.2, 0) is 28.5 Å². The molecule has 224 valence electrons. The van der Waals surface area contributed by atoms with Gasteiger partial charge in [0.15, 0.2) is 12.1 Å². The van der Waals surface area contributed by atoms with Gasteiger partial charge in [-0.25, -0.2) is 0 Å². The highest BCUT2D eigenvalue weighted by Crippen LogP contribution is 2.56. The van der Waals surface area contributed by atoms with E-state index in [1.807, 2.05) is 59.7 Å². The molecular weight excluding hydrogens is 570 g/mol. The van der Waals surface area contributed by atoms with E-state index in [0.29, 0.717) is 24.6 Å². The minimum atomic E-state index is -1.08. The third-order valence-electron chi connectivity index (χ3n) is 9.50. The van der Waals surface area contributed by atoms with Crippen LogP contribution < -0.4 is 0 Å². The van der Waals surface area contributed by atoms with Gasteiger partial charge in [-0.2, -0.15) is 0 Å². The number of likely N-dealkylation sites (N-methyl/N-ethyl adjacent to an activating group) is 1. The molecule has 9 nitrogen and oxygen atoms in total. The van der Waals surface area contributed by atoms with Gasteiger partial charge < -0.3 is 38.8 Å². The molecule has 0 radical (unpaired) electrons. The molecule has 0 aromatic rings. The van der Waals surface area contributed by atoms with Gasteiger partial charge in [0.25, 0.3) is 0 Å². The number of ether oxygens (including phenoxy) is 5. The van der Waals surface area contributed by atoms with Gasteiger partial charge in [0.05, 0.1) is 29.8 Å². The minimum absolute atomic E-state index is 0.0689. The lowest BCUT2D eigenvalue weighted by Crippen LogP contribution is -2.59. The molecule has 0 amide bonds. The summed E-state index contributed by atoms with van der Waals surface area (Å²) in [5.74, 6) is -2.99. The van der Waals surface area contributed by atoms with Gasteiger partial charge in [-0.15, -0.1) is 0 Å². The van der Waals surface area contributed by atoms with Crippen molar-refractivity contribution >= 4 is 21.9 Å². The lowest BCUT2D eigenvalue weighted by molar-refractivity contribution is -0.327. The van der Waals surface area contributed by atoms with E-state index in [2.05, 4.69) is 22.9 Å². The van der Waals surface area contributed by atoms with Gasteiger partial charge in [-0.3, -0.25) is 4.79 Å². The fraction of sp³-hybridized carbons (Fsp3) is 0.897. The number of hydrogen-bond donors (Lipinski definition) is 2. The number of halogens is 1. The fourth-order valence-electron chi connectivity index (χ4n) is 7.32. The second kappa shape index (κ2) is 11.2. The molecule has 0 aliphatic carbocycles. The zero-order valence-corrected chi connectivity index (χ0v) is 26.4. The lowest BCUT2D eigenvalue weighted by atomic mass is 9.78. The monoisotopic (exact) mass is 617 g/mol. The number of alkyl halides is 1. The Kier molecular flexibility index (Phi) is 9.04. The number of esters is 1. The van der Waals surface area contributed by atoms with Crippen LogP contribution in [0.25, 0.3) is 0 Å². The van der Waals surface area contributed by atoms with E-state index in [-0.39, 0.29) is 18.1 Å². The number of rotatable bonds is 5. The van der Waals surface area contributed by atoms with Gasteiger partial charge in [0.1, 0.15) is 17.8 Å². The maximum atomic E-state index is 13.3. The van der Waals surface area contributed by atoms with E-state index in [1.54, 1.807) is 6.92 Å².